The lowest BCUT2D eigenvalue weighted by atomic mass is 9.72. The van der Waals surface area contributed by atoms with Crippen LogP contribution >= 0.6 is 0 Å². The molecule has 1 aromatic carbocycles. The summed E-state index contributed by atoms with van der Waals surface area (Å²) in [6.45, 7) is 16.6. The highest BCUT2D eigenvalue weighted by Crippen LogP contribution is 2.37. The summed E-state index contributed by atoms with van der Waals surface area (Å²) in [4.78, 5) is 25.3. The second kappa shape index (κ2) is 8.48. The highest BCUT2D eigenvalue weighted by atomic mass is 16.6. The number of carbonyl (C=O) groups is 2. The first-order valence-electron chi connectivity index (χ1n) is 10.6. The summed E-state index contributed by atoms with van der Waals surface area (Å²) >= 11 is 0. The molecule has 1 amide bonds. The molecular formula is C24H37NO5. The topological polar surface area (TPSA) is 76.1 Å². The molecule has 0 saturated carbocycles. The molecule has 1 aliphatic heterocycles. The number of hydrogen-bond acceptors (Lipinski definition) is 4. The fourth-order valence-electron chi connectivity index (χ4n) is 4.24. The van der Waals surface area contributed by atoms with E-state index in [-0.39, 0.29) is 23.8 Å². The van der Waals surface area contributed by atoms with Gasteiger partial charge in [-0.25, -0.2) is 9.59 Å². The monoisotopic (exact) mass is 419 g/mol. The molecule has 1 aromatic rings. The van der Waals surface area contributed by atoms with Crippen molar-refractivity contribution < 1.29 is 24.2 Å². The number of amides is 1. The summed E-state index contributed by atoms with van der Waals surface area (Å²) in [5.74, 6) is -0.378. The highest BCUT2D eigenvalue weighted by molar-refractivity contribution is 5.81. The number of aliphatic carboxylic acids is 1. The van der Waals surface area contributed by atoms with Crippen LogP contribution in [0.1, 0.15) is 73.8 Å². The fraction of sp³-hybridized carbons (Fsp3) is 0.667. The molecule has 6 nitrogen and oxygen atoms in total. The van der Waals surface area contributed by atoms with Gasteiger partial charge in [0.2, 0.25) is 0 Å². The van der Waals surface area contributed by atoms with Gasteiger partial charge in [0.05, 0.1) is 6.54 Å². The number of ether oxygens (including phenoxy) is 2. The molecule has 1 fully saturated rings. The molecule has 1 N–H and O–H groups in total. The van der Waals surface area contributed by atoms with Crippen LogP contribution in [0.5, 0.6) is 5.75 Å². The quantitative estimate of drug-likeness (QED) is 0.706. The Morgan fingerprint density at radius 1 is 1.03 bits per heavy atom. The van der Waals surface area contributed by atoms with Gasteiger partial charge in [0.1, 0.15) is 23.5 Å². The normalized spacial score (nSPS) is 20.2. The van der Waals surface area contributed by atoms with Gasteiger partial charge in [0, 0.05) is 6.42 Å². The number of hydrogen-bond donors (Lipinski definition) is 1. The Labute approximate surface area is 180 Å². The average Bonchev–Trinajstić information content (AvgIpc) is 2.96. The second-order valence-electron chi connectivity index (χ2n) is 11.1. The molecule has 0 unspecified atom stereocenters. The lowest BCUT2D eigenvalue weighted by Gasteiger charge is -2.33. The van der Waals surface area contributed by atoms with Crippen molar-refractivity contribution in [3.8, 4) is 5.75 Å². The highest BCUT2D eigenvalue weighted by Gasteiger charge is 2.42. The Kier molecular flexibility index (Phi) is 6.79. The van der Waals surface area contributed by atoms with Crippen LogP contribution in [0.15, 0.2) is 24.3 Å². The predicted molar refractivity (Wildman–Crippen MR) is 117 cm³/mol. The minimum atomic E-state index is -1.05. The SMILES string of the molecule is CC(C)(C)CC(C)(C)c1ccc(O[C@H]2C[C@@H](C(=O)O)N(C(=O)OC(C)(C)C)C2)cc1. The van der Waals surface area contributed by atoms with Crippen molar-refractivity contribution in [2.75, 3.05) is 6.54 Å². The molecule has 0 aliphatic carbocycles. The molecule has 30 heavy (non-hydrogen) atoms. The van der Waals surface area contributed by atoms with Gasteiger partial charge in [-0.15, -0.1) is 0 Å². The second-order valence-corrected chi connectivity index (χ2v) is 11.1. The molecule has 0 spiro atoms. The van der Waals surface area contributed by atoms with E-state index in [0.29, 0.717) is 5.75 Å². The predicted octanol–water partition coefficient (Wildman–Crippen LogP) is 5.24. The van der Waals surface area contributed by atoms with Crippen molar-refractivity contribution in [1.29, 1.82) is 0 Å². The fourth-order valence-corrected chi connectivity index (χ4v) is 4.24. The van der Waals surface area contributed by atoms with E-state index in [2.05, 4.69) is 46.8 Å². The molecule has 2 rings (SSSR count). The average molecular weight is 420 g/mol. The van der Waals surface area contributed by atoms with Crippen LogP contribution in [-0.2, 0) is 14.9 Å². The molecule has 168 valence electrons. The number of likely N-dealkylation sites (tertiary alicyclic amines) is 1. The first kappa shape index (κ1) is 24.0. The van der Waals surface area contributed by atoms with Gasteiger partial charge in [-0.3, -0.25) is 4.90 Å². The maximum absolute atomic E-state index is 12.4. The van der Waals surface area contributed by atoms with Gasteiger partial charge in [-0.1, -0.05) is 46.8 Å². The Morgan fingerprint density at radius 3 is 2.07 bits per heavy atom. The van der Waals surface area contributed by atoms with Crippen LogP contribution < -0.4 is 4.74 Å². The first-order chi connectivity index (χ1) is 13.6. The van der Waals surface area contributed by atoms with Gasteiger partial charge >= 0.3 is 12.1 Å². The van der Waals surface area contributed by atoms with E-state index in [4.69, 9.17) is 9.47 Å². The Bertz CT molecular complexity index is 755. The lowest BCUT2D eigenvalue weighted by molar-refractivity contribution is -0.142. The van der Waals surface area contributed by atoms with Crippen molar-refractivity contribution in [1.82, 2.24) is 4.90 Å². The summed E-state index contributed by atoms with van der Waals surface area (Å²) in [5, 5.41) is 9.53. The third kappa shape index (κ3) is 6.64. The molecule has 0 radical (unpaired) electrons. The number of nitrogens with zero attached hydrogens (tertiary/aromatic N) is 1. The minimum Gasteiger partial charge on any atom is -0.488 e. The van der Waals surface area contributed by atoms with E-state index in [1.54, 1.807) is 20.8 Å². The van der Waals surface area contributed by atoms with E-state index in [0.717, 1.165) is 6.42 Å². The summed E-state index contributed by atoms with van der Waals surface area (Å²) in [7, 11) is 0. The van der Waals surface area contributed by atoms with Crippen molar-refractivity contribution in [2.24, 2.45) is 5.41 Å². The van der Waals surface area contributed by atoms with E-state index >= 15 is 0 Å². The maximum Gasteiger partial charge on any atom is 0.411 e. The zero-order chi connectivity index (χ0) is 22.9. The molecule has 6 heteroatoms. The Hall–Kier alpha value is -2.24. The Morgan fingerprint density at radius 2 is 1.60 bits per heavy atom. The number of carbonyl (C=O) groups excluding carboxylic acids is 1. The summed E-state index contributed by atoms with van der Waals surface area (Å²) in [5.41, 5.74) is 0.801. The summed E-state index contributed by atoms with van der Waals surface area (Å²) in [6.07, 6.45) is 0.257. The van der Waals surface area contributed by atoms with Gasteiger partial charge in [-0.05, 0) is 55.7 Å². The van der Waals surface area contributed by atoms with Gasteiger partial charge in [-0.2, -0.15) is 0 Å². The minimum absolute atomic E-state index is 0.0338. The zero-order valence-electron chi connectivity index (χ0n) is 19.6. The van der Waals surface area contributed by atoms with Crippen molar-refractivity contribution >= 4 is 12.1 Å². The smallest absolute Gasteiger partial charge is 0.411 e. The van der Waals surface area contributed by atoms with Crippen molar-refractivity contribution in [3.05, 3.63) is 29.8 Å². The number of benzene rings is 1. The molecule has 2 atom stereocenters. The third-order valence-corrected chi connectivity index (χ3v) is 5.09. The Balaban J connectivity index is 2.08. The van der Waals surface area contributed by atoms with Crippen LogP contribution in [0, 0.1) is 5.41 Å². The van der Waals surface area contributed by atoms with E-state index in [1.165, 1.54) is 10.5 Å². The summed E-state index contributed by atoms with van der Waals surface area (Å²) in [6, 6.07) is 7.03. The van der Waals surface area contributed by atoms with Gasteiger partial charge in [0.15, 0.2) is 0 Å². The molecule has 1 aliphatic rings. The van der Waals surface area contributed by atoms with Crippen LogP contribution in [-0.4, -0.2) is 46.4 Å². The van der Waals surface area contributed by atoms with Crippen LogP contribution in [0.4, 0.5) is 4.79 Å². The molecular weight excluding hydrogens is 382 g/mol. The molecule has 1 saturated heterocycles. The first-order valence-corrected chi connectivity index (χ1v) is 10.6. The van der Waals surface area contributed by atoms with E-state index in [1.807, 2.05) is 12.1 Å². The molecule has 1 heterocycles. The zero-order valence-corrected chi connectivity index (χ0v) is 19.6. The molecule has 0 bridgehead atoms. The number of carboxylic acid groups (broad SMARTS) is 1. The van der Waals surface area contributed by atoms with Crippen LogP contribution in [0.25, 0.3) is 0 Å². The largest absolute Gasteiger partial charge is 0.488 e. The van der Waals surface area contributed by atoms with Gasteiger partial charge < -0.3 is 14.6 Å². The van der Waals surface area contributed by atoms with Crippen LogP contribution in [0.2, 0.25) is 0 Å². The maximum atomic E-state index is 12.4. The standard InChI is InChI=1S/C24H37NO5/c1-22(2,3)15-24(7,8)16-9-11-17(12-10-16)29-18-13-19(20(26)27)25(14-18)21(28)30-23(4,5)6/h9-12,18-19H,13-15H2,1-8H3,(H,26,27)/t18-,19-/m0/s1. The van der Waals surface area contributed by atoms with E-state index < -0.39 is 29.8 Å². The van der Waals surface area contributed by atoms with E-state index in [9.17, 15) is 14.7 Å². The van der Waals surface area contributed by atoms with Gasteiger partial charge in [0.25, 0.3) is 0 Å². The number of rotatable bonds is 5. The molecule has 0 aromatic heterocycles. The third-order valence-electron chi connectivity index (χ3n) is 5.09. The number of carboxylic acids is 1. The lowest BCUT2D eigenvalue weighted by Crippen LogP contribution is -2.43. The summed E-state index contributed by atoms with van der Waals surface area (Å²) < 4.78 is 11.4. The van der Waals surface area contributed by atoms with Crippen molar-refractivity contribution in [3.63, 3.8) is 0 Å². The van der Waals surface area contributed by atoms with Crippen LogP contribution in [0.3, 0.4) is 0 Å². The van der Waals surface area contributed by atoms with Crippen molar-refractivity contribution in [2.45, 2.75) is 91.4 Å².